The minimum absolute atomic E-state index is 0. The molecule has 0 aliphatic heterocycles. The summed E-state index contributed by atoms with van der Waals surface area (Å²) in [7, 11) is -69.0. The summed E-state index contributed by atoms with van der Waals surface area (Å²) in [5.74, 6) is 0. The predicted molar refractivity (Wildman–Crippen MR) is 461 cm³/mol. The summed E-state index contributed by atoms with van der Waals surface area (Å²) in [6.45, 7) is 0. The SMILES string of the molecule is N.N.O=S(=O)(O)c1cc2ccccc2c(S(=O)(=O)O)c1S(=O)(=O)O.O=S(=O)(O)c1ccc2cc(S(=O)(=O)O)ccc2c1.O=S(=O)(O)c1ccc2cc(S(=O)(=O)O)ccc2c1.O=S(=O)(O)c1ccc2cc(S(=O)(=O)O)ccc2c1.O=S(=O)(O)c1cccc2c(S(=O)(=O)O)cccc12.O=S(=O)(O)c1cccc2c(S(=O)(=O)O)cccc12.O=S(=O)([O-])c1cccc2c(S(=O)(=O)[O-])cccc12.[K+].[K+]. The summed E-state index contributed by atoms with van der Waals surface area (Å²) in [4.78, 5) is -8.75. The van der Waals surface area contributed by atoms with E-state index < -0.39 is 196 Å². The van der Waals surface area contributed by atoms with Gasteiger partial charge in [-0.15, -0.1) is 0 Å². The van der Waals surface area contributed by atoms with Crippen LogP contribution < -0.4 is 115 Å². The van der Waals surface area contributed by atoms with Gasteiger partial charge in [-0.1, -0.05) is 133 Å². The number of rotatable bonds is 15. The normalized spacial score (nSPS) is 12.5. The van der Waals surface area contributed by atoms with Gasteiger partial charge in [-0.05, 0) is 153 Å². The van der Waals surface area contributed by atoms with Crippen LogP contribution in [-0.2, 0) is 152 Å². The van der Waals surface area contributed by atoms with Gasteiger partial charge in [0.15, 0.2) is 0 Å². The van der Waals surface area contributed by atoms with E-state index in [0.29, 0.717) is 38.4 Å². The summed E-state index contributed by atoms with van der Waals surface area (Å²) < 4.78 is 472. The largest absolute Gasteiger partial charge is 1.00 e. The van der Waals surface area contributed by atoms with Crippen LogP contribution in [0.5, 0.6) is 0 Å². The molecule has 0 heterocycles. The Bertz CT molecular complexity index is 7840. The molecule has 19 N–H and O–H groups in total. The van der Waals surface area contributed by atoms with Crippen molar-refractivity contribution in [2.45, 2.75) is 73.4 Å². The van der Waals surface area contributed by atoms with Gasteiger partial charge in [-0.3, -0.25) is 59.2 Å². The fourth-order valence-corrected chi connectivity index (χ4v) is 22.3. The Labute approximate surface area is 847 Å². The maximum Gasteiger partial charge on any atom is 1.00 e. The van der Waals surface area contributed by atoms with E-state index in [0.717, 1.165) is 78.9 Å². The Morgan fingerprint density at radius 2 is 0.328 bits per heavy atom. The van der Waals surface area contributed by atoms with Gasteiger partial charge in [-0.2, -0.15) is 109 Å². The van der Waals surface area contributed by atoms with Crippen LogP contribution in [0.3, 0.4) is 0 Å². The van der Waals surface area contributed by atoms with E-state index >= 15 is 0 Å². The molecule has 0 aliphatic rings. The van der Waals surface area contributed by atoms with Gasteiger partial charge in [-0.25, -0.2) is 16.8 Å². The molecule has 0 fully saturated rings. The Morgan fingerprint density at radius 3 is 0.500 bits per heavy atom. The Hall–Kier alpha value is -7.26. The van der Waals surface area contributed by atoms with Crippen molar-refractivity contribution < 1.29 is 297 Å². The topological polar surface area (TPSA) is 891 Å². The zero-order valence-corrected chi connectivity index (χ0v) is 85.1. The molecule has 14 rings (SSSR count). The van der Waals surface area contributed by atoms with Crippen LogP contribution in [0, 0.1) is 0 Å². The maximum absolute atomic E-state index is 11.5. The third kappa shape index (κ3) is 31.1. The minimum Gasteiger partial charge on any atom is -0.744 e. The Balaban J connectivity index is 0.000000326. The first-order valence-electron chi connectivity index (χ1n) is 33.3. The van der Waals surface area contributed by atoms with Gasteiger partial charge in [0.1, 0.15) is 54.5 Å². The van der Waals surface area contributed by atoms with Crippen LogP contribution in [0.1, 0.15) is 0 Å². The molecule has 0 saturated carbocycles. The van der Waals surface area contributed by atoms with Crippen molar-refractivity contribution in [2.75, 3.05) is 0 Å². The fraction of sp³-hybridized carbons (Fsp3) is 0. The Kier molecular flexibility index (Phi) is 39.1. The quantitative estimate of drug-likeness (QED) is 0.0517. The molecule has 0 radical (unpaired) electrons. The molecular formula is C70H60K2N2O45S15. The van der Waals surface area contributed by atoms with Crippen LogP contribution in [0.4, 0.5) is 0 Å². The molecule has 0 spiro atoms. The zero-order valence-electron chi connectivity index (χ0n) is 66.6. The van der Waals surface area contributed by atoms with E-state index in [2.05, 4.69) is 0 Å². The summed E-state index contributed by atoms with van der Waals surface area (Å²) in [6, 6.07) is 50.0. The molecule has 0 atom stereocenters. The fourth-order valence-electron chi connectivity index (χ4n) is 11.6. The second kappa shape index (κ2) is 44.1. The van der Waals surface area contributed by atoms with Crippen molar-refractivity contribution in [3.8, 4) is 0 Å². The standard InChI is InChI=1S/C10H8O9S3.6C10H8O6S2.2K.2H3N/c11-20(12,13)8-5-6-3-1-2-4-7(6)9(21(14,15)16)10(8)22(17,18)19;3*11-17(12,13)9-3-1-7-5-10(18(14,15)16)4-2-8(7)6-9;3*11-17(12,13)9-5-1-3-7-8(9)4-2-6-10(7)18(14,15)16;;;;/h1-5H,(H,11,12,13)(H,14,15,16)(H,17,18,19);6*1-6H,(H,11,12,13)(H,14,15,16);;;2*1H3/q;;;;;;;2*+1;;/p-2. The number of hydrogen-bond donors (Lipinski definition) is 15. The maximum atomic E-state index is 11.5. The molecule has 0 saturated heterocycles. The van der Waals surface area contributed by atoms with Crippen LogP contribution in [0.2, 0.25) is 0 Å². The smallest absolute Gasteiger partial charge is 0.744 e. The third-order valence-electron chi connectivity index (χ3n) is 17.0. The van der Waals surface area contributed by atoms with Gasteiger partial charge in [0, 0.05) is 37.7 Å². The van der Waals surface area contributed by atoms with E-state index in [1.807, 2.05) is 0 Å². The Morgan fingerprint density at radius 1 is 0.157 bits per heavy atom. The molecule has 47 nitrogen and oxygen atoms in total. The summed E-state index contributed by atoms with van der Waals surface area (Å²) >= 11 is 0. The van der Waals surface area contributed by atoms with Crippen LogP contribution in [-0.4, -0.2) is 195 Å². The summed E-state index contributed by atoms with van der Waals surface area (Å²) in [5.41, 5.74) is 0. The van der Waals surface area contributed by atoms with Gasteiger partial charge in [0.2, 0.25) is 0 Å². The molecule has 0 aliphatic carbocycles. The second-order valence-electron chi connectivity index (χ2n) is 25.7. The van der Waals surface area contributed by atoms with Crippen molar-refractivity contribution >= 4 is 227 Å². The van der Waals surface area contributed by atoms with Crippen molar-refractivity contribution in [2.24, 2.45) is 0 Å². The van der Waals surface area contributed by atoms with E-state index in [1.165, 1.54) is 164 Å². The van der Waals surface area contributed by atoms with Crippen molar-refractivity contribution in [3.63, 3.8) is 0 Å². The predicted octanol–water partition coefficient (Wildman–Crippen LogP) is 2.23. The summed E-state index contributed by atoms with van der Waals surface area (Å²) in [5, 5.41) is 2.07. The van der Waals surface area contributed by atoms with Gasteiger partial charge < -0.3 is 21.4 Å². The molecule has 712 valence electrons. The first kappa shape index (κ1) is 119. The third-order valence-corrected chi connectivity index (χ3v) is 30.6. The molecular weight excluding hydrogens is 2150 g/mol. The van der Waals surface area contributed by atoms with Crippen molar-refractivity contribution in [1.29, 1.82) is 0 Å². The first-order valence-corrected chi connectivity index (χ1v) is 54.9. The molecule has 14 aromatic rings. The second-order valence-corrected chi connectivity index (χ2v) is 46.6. The molecule has 0 unspecified atom stereocenters. The number of fused-ring (bicyclic) bond motifs is 7. The summed E-state index contributed by atoms with van der Waals surface area (Å²) in [6.07, 6.45) is 0. The van der Waals surface area contributed by atoms with Crippen molar-refractivity contribution in [3.05, 3.63) is 249 Å². The minimum atomic E-state index is -5.40. The van der Waals surface area contributed by atoms with Gasteiger partial charge in [0.25, 0.3) is 132 Å². The molecule has 14 aromatic carbocycles. The average Bonchev–Trinajstić information content (AvgIpc) is 0.729. The molecule has 0 aromatic heterocycles. The van der Waals surface area contributed by atoms with Crippen LogP contribution in [0.25, 0.3) is 75.4 Å². The molecule has 0 amide bonds. The molecule has 134 heavy (non-hydrogen) atoms. The molecule has 64 heteroatoms. The number of benzene rings is 14. The van der Waals surface area contributed by atoms with E-state index in [-0.39, 0.29) is 188 Å². The van der Waals surface area contributed by atoms with E-state index in [4.69, 9.17) is 54.6 Å². The van der Waals surface area contributed by atoms with E-state index in [9.17, 15) is 140 Å². The molecule has 0 bridgehead atoms. The van der Waals surface area contributed by atoms with Gasteiger partial charge in [0.05, 0.1) is 39.2 Å². The zero-order chi connectivity index (χ0) is 98.2. The average molecular weight is 2210 g/mol. The monoisotopic (exact) mass is 2210 g/mol. The van der Waals surface area contributed by atoms with Crippen LogP contribution in [0.15, 0.2) is 322 Å². The van der Waals surface area contributed by atoms with Crippen molar-refractivity contribution in [1.82, 2.24) is 12.3 Å². The number of hydrogen-bond acceptors (Lipinski definition) is 34. The van der Waals surface area contributed by atoms with E-state index in [1.54, 1.807) is 0 Å². The first-order chi connectivity index (χ1) is 59.0. The van der Waals surface area contributed by atoms with Gasteiger partial charge >= 0.3 is 103 Å². The van der Waals surface area contributed by atoms with Crippen LogP contribution >= 0.6 is 0 Å².